The summed E-state index contributed by atoms with van der Waals surface area (Å²) >= 11 is 0. The monoisotopic (exact) mass is 615 g/mol. The van der Waals surface area contributed by atoms with Gasteiger partial charge in [0.2, 0.25) is 0 Å². The number of fused-ring (bicyclic) bond motifs is 6. The van der Waals surface area contributed by atoms with Gasteiger partial charge in [0.25, 0.3) is 5.91 Å². The molecule has 1 amide bonds. The minimum Gasteiger partial charge on any atom is -1.00 e. The molecule has 216 valence electrons. The van der Waals surface area contributed by atoms with Crippen molar-refractivity contribution in [3.8, 4) is 11.4 Å². The second kappa shape index (κ2) is 12.6. The van der Waals surface area contributed by atoms with Crippen LogP contribution in [0.4, 0.5) is 5.69 Å². The molecule has 0 saturated heterocycles. The lowest BCUT2D eigenvalue weighted by Gasteiger charge is -2.31. The third kappa shape index (κ3) is 6.11. The van der Waals surface area contributed by atoms with Gasteiger partial charge in [-0.05, 0) is 48.9 Å². The number of hydrogen-bond donors (Lipinski definition) is 0. The summed E-state index contributed by atoms with van der Waals surface area (Å²) in [7, 11) is 8.45. The molecule has 6 nitrogen and oxygen atoms in total. The standard InChI is InChI=1S/C34H42N5O.BrH/c1-7-37(8-2)31(40)24-39(5,6)23-13-22-38-33-30-17-12-10-15-28(30)27-14-9-11-16-29(27)32(33)35-34(38)25-18-20-26(21-19-25)36(3)4;/h9-12,14-21H,7-8,13,22-24H2,1-6H3;1H/q+1;/p-1. The minimum absolute atomic E-state index is 0. The molecular weight excluding hydrogens is 574 g/mol. The lowest BCUT2D eigenvalue weighted by atomic mass is 10.00. The molecule has 0 spiro atoms. The van der Waals surface area contributed by atoms with Gasteiger partial charge in [0.15, 0.2) is 6.54 Å². The molecule has 0 unspecified atom stereocenters. The van der Waals surface area contributed by atoms with Crippen LogP contribution in [-0.2, 0) is 11.3 Å². The first-order valence-corrected chi connectivity index (χ1v) is 14.4. The van der Waals surface area contributed by atoms with Crippen molar-refractivity contribution in [1.82, 2.24) is 14.5 Å². The Morgan fingerprint density at radius 2 is 1.39 bits per heavy atom. The van der Waals surface area contributed by atoms with E-state index in [2.05, 4.69) is 110 Å². The van der Waals surface area contributed by atoms with E-state index in [1.54, 1.807) is 0 Å². The molecule has 0 aliphatic carbocycles. The fourth-order valence-electron chi connectivity index (χ4n) is 5.89. The van der Waals surface area contributed by atoms with Crippen LogP contribution in [0.25, 0.3) is 44.0 Å². The van der Waals surface area contributed by atoms with Crippen LogP contribution in [0.3, 0.4) is 0 Å². The van der Waals surface area contributed by atoms with Crippen LogP contribution in [0.1, 0.15) is 20.3 Å². The third-order valence-electron chi connectivity index (χ3n) is 8.09. The van der Waals surface area contributed by atoms with Gasteiger partial charge >= 0.3 is 0 Å². The number of aromatic nitrogens is 2. The van der Waals surface area contributed by atoms with Crippen LogP contribution in [0.5, 0.6) is 0 Å². The lowest BCUT2D eigenvalue weighted by Crippen LogP contribution is -3.00. The number of halogens is 1. The smallest absolute Gasteiger partial charge is 0.277 e. The van der Waals surface area contributed by atoms with Gasteiger partial charge in [0.05, 0.1) is 31.7 Å². The van der Waals surface area contributed by atoms with E-state index in [9.17, 15) is 4.79 Å². The van der Waals surface area contributed by atoms with Crippen LogP contribution in [0.15, 0.2) is 72.8 Å². The van der Waals surface area contributed by atoms with E-state index < -0.39 is 0 Å². The van der Waals surface area contributed by atoms with E-state index in [1.165, 1.54) is 32.7 Å². The van der Waals surface area contributed by atoms with Crippen LogP contribution in [0.2, 0.25) is 0 Å². The Balaban J connectivity index is 0.00000387. The number of imidazole rings is 1. The van der Waals surface area contributed by atoms with Gasteiger partial charge in [0, 0.05) is 62.2 Å². The number of benzene rings is 4. The van der Waals surface area contributed by atoms with Gasteiger partial charge in [-0.25, -0.2) is 4.98 Å². The zero-order chi connectivity index (χ0) is 28.4. The van der Waals surface area contributed by atoms with Crippen molar-refractivity contribution < 1.29 is 26.3 Å². The SMILES string of the molecule is CCN(CC)C(=O)C[N+](C)(C)CCCn1c(-c2ccc(N(C)C)cc2)nc2c3ccccc3c3ccccc3c21.[Br-]. The number of carbonyl (C=O) groups excluding carboxylic acids is 1. The van der Waals surface area contributed by atoms with E-state index in [-0.39, 0.29) is 22.9 Å². The van der Waals surface area contributed by atoms with Crippen molar-refractivity contribution in [3.63, 3.8) is 0 Å². The Kier molecular flexibility index (Phi) is 9.40. The number of anilines is 1. The topological polar surface area (TPSA) is 41.4 Å². The minimum atomic E-state index is 0. The molecule has 7 heteroatoms. The van der Waals surface area contributed by atoms with Gasteiger partial charge in [-0.1, -0.05) is 48.5 Å². The van der Waals surface area contributed by atoms with Crippen molar-refractivity contribution in [2.24, 2.45) is 0 Å². The van der Waals surface area contributed by atoms with Gasteiger partial charge in [-0.3, -0.25) is 4.79 Å². The first-order chi connectivity index (χ1) is 19.2. The van der Waals surface area contributed by atoms with E-state index in [0.717, 1.165) is 49.5 Å². The maximum absolute atomic E-state index is 12.9. The molecule has 0 bridgehead atoms. The summed E-state index contributed by atoms with van der Waals surface area (Å²) in [6.07, 6.45) is 0.938. The second-order valence-corrected chi connectivity index (χ2v) is 11.6. The molecule has 0 atom stereocenters. The van der Waals surface area contributed by atoms with E-state index in [1.807, 2.05) is 18.7 Å². The number of likely N-dealkylation sites (N-methyl/N-ethyl adjacent to an activating group) is 2. The summed E-state index contributed by atoms with van der Waals surface area (Å²) < 4.78 is 3.08. The van der Waals surface area contributed by atoms with E-state index in [0.29, 0.717) is 11.0 Å². The highest BCUT2D eigenvalue weighted by Gasteiger charge is 2.24. The summed E-state index contributed by atoms with van der Waals surface area (Å²) in [5, 5.41) is 4.90. The molecule has 1 aromatic heterocycles. The average molecular weight is 617 g/mol. The van der Waals surface area contributed by atoms with Crippen molar-refractivity contribution in [1.29, 1.82) is 0 Å². The number of hydrogen-bond acceptors (Lipinski definition) is 3. The van der Waals surface area contributed by atoms with Crippen LogP contribution in [-0.4, -0.2) is 79.2 Å². The quantitative estimate of drug-likeness (QED) is 0.179. The lowest BCUT2D eigenvalue weighted by molar-refractivity contribution is -0.883. The highest BCUT2D eigenvalue weighted by atomic mass is 79.9. The van der Waals surface area contributed by atoms with Gasteiger partial charge in [-0.2, -0.15) is 0 Å². The predicted octanol–water partition coefficient (Wildman–Crippen LogP) is 3.41. The average Bonchev–Trinajstić information content (AvgIpc) is 3.33. The van der Waals surface area contributed by atoms with Crippen molar-refractivity contribution in [3.05, 3.63) is 72.8 Å². The van der Waals surface area contributed by atoms with Crippen LogP contribution in [0, 0.1) is 0 Å². The Bertz CT molecular complexity index is 1650. The van der Waals surface area contributed by atoms with Gasteiger partial charge < -0.3 is 35.8 Å². The zero-order valence-corrected chi connectivity index (χ0v) is 26.8. The molecule has 0 fully saturated rings. The Labute approximate surface area is 254 Å². The number of carbonyl (C=O) groups is 1. The predicted molar refractivity (Wildman–Crippen MR) is 169 cm³/mol. The molecule has 41 heavy (non-hydrogen) atoms. The fourth-order valence-corrected chi connectivity index (χ4v) is 5.89. The normalized spacial score (nSPS) is 11.7. The second-order valence-electron chi connectivity index (χ2n) is 11.6. The molecular formula is C34H42BrN5O. The first-order valence-electron chi connectivity index (χ1n) is 14.4. The number of rotatable bonds is 10. The maximum atomic E-state index is 12.9. The van der Waals surface area contributed by atoms with Gasteiger partial charge in [0.1, 0.15) is 5.82 Å². The largest absolute Gasteiger partial charge is 1.00 e. The van der Waals surface area contributed by atoms with Crippen molar-refractivity contribution in [2.45, 2.75) is 26.8 Å². The number of amides is 1. The molecule has 5 rings (SSSR count). The Morgan fingerprint density at radius 1 is 0.829 bits per heavy atom. The zero-order valence-electron chi connectivity index (χ0n) is 25.2. The Morgan fingerprint density at radius 3 is 1.98 bits per heavy atom. The summed E-state index contributed by atoms with van der Waals surface area (Å²) in [4.78, 5) is 22.2. The summed E-state index contributed by atoms with van der Waals surface area (Å²) in [5.41, 5.74) is 4.51. The molecule has 0 aliphatic heterocycles. The molecule has 5 aromatic rings. The number of nitrogens with zero attached hydrogens (tertiary/aromatic N) is 5. The number of aryl methyl sites for hydroxylation is 1. The number of quaternary nitrogens is 1. The van der Waals surface area contributed by atoms with E-state index in [4.69, 9.17) is 4.98 Å². The molecule has 1 heterocycles. The molecule has 4 aromatic carbocycles. The first kappa shape index (κ1) is 30.5. The Hall–Kier alpha value is -3.42. The molecule has 0 aliphatic rings. The molecule has 0 saturated carbocycles. The van der Waals surface area contributed by atoms with Crippen LogP contribution < -0.4 is 21.9 Å². The fraction of sp³-hybridized carbons (Fsp3) is 0.353. The van der Waals surface area contributed by atoms with Gasteiger partial charge in [-0.15, -0.1) is 0 Å². The van der Waals surface area contributed by atoms with Crippen LogP contribution >= 0.6 is 0 Å². The third-order valence-corrected chi connectivity index (χ3v) is 8.09. The highest BCUT2D eigenvalue weighted by Crippen LogP contribution is 2.37. The van der Waals surface area contributed by atoms with Crippen molar-refractivity contribution >= 4 is 44.2 Å². The van der Waals surface area contributed by atoms with E-state index >= 15 is 0 Å². The van der Waals surface area contributed by atoms with Crippen molar-refractivity contribution in [2.75, 3.05) is 59.3 Å². The summed E-state index contributed by atoms with van der Waals surface area (Å²) in [6, 6.07) is 26.0. The summed E-state index contributed by atoms with van der Waals surface area (Å²) in [5.74, 6) is 1.22. The molecule has 0 N–H and O–H groups in total. The highest BCUT2D eigenvalue weighted by molar-refractivity contribution is 6.23. The summed E-state index contributed by atoms with van der Waals surface area (Å²) in [6.45, 7) is 7.85. The maximum Gasteiger partial charge on any atom is 0.277 e. The molecule has 0 radical (unpaired) electrons.